The second kappa shape index (κ2) is 5.19. The van der Waals surface area contributed by atoms with Gasteiger partial charge in [0.15, 0.2) is 15.7 Å². The van der Waals surface area contributed by atoms with Crippen LogP contribution < -0.4 is 4.90 Å². The number of H-pyrrole nitrogens is 1. The fourth-order valence-corrected chi connectivity index (χ4v) is 3.07. The standard InChI is InChI=1S/C11H17N5S2/c1-5-7-8(18-11(12-7)15(3)4)9-13-14-10(17)16(9)6-2/h5-6H2,1-4H3,(H,14,17). The summed E-state index contributed by atoms with van der Waals surface area (Å²) in [6.07, 6.45) is 0.892. The molecule has 7 heteroatoms. The van der Waals surface area contributed by atoms with Crippen LogP contribution in [-0.4, -0.2) is 33.8 Å². The van der Waals surface area contributed by atoms with Gasteiger partial charge in [0.2, 0.25) is 0 Å². The first-order chi connectivity index (χ1) is 8.58. The quantitative estimate of drug-likeness (QED) is 0.877. The molecule has 0 amide bonds. The highest BCUT2D eigenvalue weighted by molar-refractivity contribution is 7.71. The van der Waals surface area contributed by atoms with Gasteiger partial charge in [-0.3, -0.25) is 9.67 Å². The molecule has 1 N–H and O–H groups in total. The van der Waals surface area contributed by atoms with Gasteiger partial charge in [0, 0.05) is 20.6 Å². The predicted molar refractivity (Wildman–Crippen MR) is 77.9 cm³/mol. The van der Waals surface area contributed by atoms with Crippen molar-refractivity contribution in [1.29, 1.82) is 0 Å². The van der Waals surface area contributed by atoms with E-state index in [1.54, 1.807) is 11.3 Å². The maximum absolute atomic E-state index is 5.23. The van der Waals surface area contributed by atoms with E-state index in [2.05, 4.69) is 29.0 Å². The zero-order chi connectivity index (χ0) is 13.3. The number of thiazole rings is 1. The Labute approximate surface area is 115 Å². The number of hydrogen-bond acceptors (Lipinski definition) is 5. The summed E-state index contributed by atoms with van der Waals surface area (Å²) >= 11 is 6.88. The molecule has 98 valence electrons. The SMILES string of the molecule is CCc1nc(N(C)C)sc1-c1n[nH]c(=S)n1CC. The van der Waals surface area contributed by atoms with Gasteiger partial charge >= 0.3 is 0 Å². The Kier molecular flexibility index (Phi) is 3.82. The maximum atomic E-state index is 5.23. The van der Waals surface area contributed by atoms with Crippen LogP contribution in [0.5, 0.6) is 0 Å². The number of rotatable bonds is 4. The lowest BCUT2D eigenvalue weighted by atomic mass is 10.3. The van der Waals surface area contributed by atoms with Crippen LogP contribution in [0.4, 0.5) is 5.13 Å². The molecular weight excluding hydrogens is 266 g/mol. The van der Waals surface area contributed by atoms with E-state index in [9.17, 15) is 0 Å². The van der Waals surface area contributed by atoms with Crippen molar-refractivity contribution in [1.82, 2.24) is 19.7 Å². The fourth-order valence-electron chi connectivity index (χ4n) is 1.73. The van der Waals surface area contributed by atoms with Crippen molar-refractivity contribution in [2.24, 2.45) is 0 Å². The lowest BCUT2D eigenvalue weighted by Gasteiger charge is -2.05. The second-order valence-electron chi connectivity index (χ2n) is 4.12. The van der Waals surface area contributed by atoms with Crippen LogP contribution >= 0.6 is 23.6 Å². The van der Waals surface area contributed by atoms with Crippen molar-refractivity contribution in [3.05, 3.63) is 10.5 Å². The minimum atomic E-state index is 0.661. The van der Waals surface area contributed by atoms with E-state index >= 15 is 0 Å². The molecule has 0 saturated carbocycles. The highest BCUT2D eigenvalue weighted by atomic mass is 32.1. The maximum Gasteiger partial charge on any atom is 0.195 e. The van der Waals surface area contributed by atoms with Gasteiger partial charge in [0.1, 0.15) is 0 Å². The van der Waals surface area contributed by atoms with Gasteiger partial charge in [-0.1, -0.05) is 18.3 Å². The van der Waals surface area contributed by atoms with Crippen molar-refractivity contribution < 1.29 is 0 Å². The van der Waals surface area contributed by atoms with Crippen LogP contribution in [0.25, 0.3) is 10.7 Å². The molecule has 2 rings (SSSR count). The summed E-state index contributed by atoms with van der Waals surface area (Å²) in [4.78, 5) is 7.76. The summed E-state index contributed by atoms with van der Waals surface area (Å²) < 4.78 is 2.66. The van der Waals surface area contributed by atoms with Crippen LogP contribution in [0.3, 0.4) is 0 Å². The Morgan fingerprint density at radius 2 is 2.11 bits per heavy atom. The molecular formula is C11H17N5S2. The Morgan fingerprint density at radius 1 is 1.39 bits per heavy atom. The van der Waals surface area contributed by atoms with E-state index in [-0.39, 0.29) is 0 Å². The summed E-state index contributed by atoms with van der Waals surface area (Å²) in [5, 5.41) is 8.19. The monoisotopic (exact) mass is 283 g/mol. The molecule has 18 heavy (non-hydrogen) atoms. The lowest BCUT2D eigenvalue weighted by Crippen LogP contribution is -2.07. The third-order valence-corrected chi connectivity index (χ3v) is 4.25. The number of anilines is 1. The fraction of sp³-hybridized carbons (Fsp3) is 0.545. The Morgan fingerprint density at radius 3 is 2.67 bits per heavy atom. The molecule has 0 atom stereocenters. The summed E-state index contributed by atoms with van der Waals surface area (Å²) in [5.41, 5.74) is 1.08. The molecule has 2 aromatic heterocycles. The van der Waals surface area contributed by atoms with Crippen LogP contribution in [0, 0.1) is 4.77 Å². The molecule has 0 spiro atoms. The third kappa shape index (κ3) is 2.20. The number of nitrogens with zero attached hydrogens (tertiary/aromatic N) is 4. The van der Waals surface area contributed by atoms with Gasteiger partial charge in [0.25, 0.3) is 0 Å². The van der Waals surface area contributed by atoms with Gasteiger partial charge in [0.05, 0.1) is 10.6 Å². The van der Waals surface area contributed by atoms with Gasteiger partial charge in [-0.25, -0.2) is 4.98 Å². The zero-order valence-corrected chi connectivity index (χ0v) is 12.7. The Bertz CT molecular complexity index is 593. The van der Waals surface area contributed by atoms with E-state index in [1.165, 1.54) is 0 Å². The molecule has 0 unspecified atom stereocenters. The number of aromatic nitrogens is 4. The highest BCUT2D eigenvalue weighted by Crippen LogP contribution is 2.33. The molecule has 0 aliphatic heterocycles. The molecule has 0 fully saturated rings. The van der Waals surface area contributed by atoms with E-state index in [1.807, 2.05) is 23.6 Å². The third-order valence-electron chi connectivity index (χ3n) is 2.68. The topological polar surface area (TPSA) is 49.7 Å². The first-order valence-corrected chi connectivity index (χ1v) is 7.13. The molecule has 5 nitrogen and oxygen atoms in total. The predicted octanol–water partition coefficient (Wildman–Crippen LogP) is 2.71. The van der Waals surface area contributed by atoms with Crippen molar-refractivity contribution in [3.8, 4) is 10.7 Å². The molecule has 0 saturated heterocycles. The first-order valence-electron chi connectivity index (χ1n) is 5.91. The van der Waals surface area contributed by atoms with Gasteiger partial charge < -0.3 is 4.90 Å². The van der Waals surface area contributed by atoms with Gasteiger partial charge in [-0.05, 0) is 25.6 Å². The Balaban J connectivity index is 2.59. The zero-order valence-electron chi connectivity index (χ0n) is 11.0. The summed E-state index contributed by atoms with van der Waals surface area (Å²) in [7, 11) is 4.00. The minimum absolute atomic E-state index is 0.661. The smallest absolute Gasteiger partial charge is 0.195 e. The molecule has 0 aliphatic rings. The second-order valence-corrected chi connectivity index (χ2v) is 5.48. The number of nitrogens with one attached hydrogen (secondary N) is 1. The molecule has 0 aliphatic carbocycles. The Hall–Kier alpha value is -1.21. The van der Waals surface area contributed by atoms with Crippen LogP contribution in [-0.2, 0) is 13.0 Å². The summed E-state index contributed by atoms with van der Waals surface area (Å²) in [6, 6.07) is 0. The molecule has 0 aromatic carbocycles. The van der Waals surface area contributed by atoms with E-state index in [0.29, 0.717) is 4.77 Å². The minimum Gasteiger partial charge on any atom is -0.354 e. The largest absolute Gasteiger partial charge is 0.354 e. The van der Waals surface area contributed by atoms with Gasteiger partial charge in [-0.15, -0.1) is 0 Å². The van der Waals surface area contributed by atoms with Crippen molar-refractivity contribution in [2.45, 2.75) is 26.8 Å². The average molecular weight is 283 g/mol. The summed E-state index contributed by atoms with van der Waals surface area (Å²) in [6.45, 7) is 4.98. The van der Waals surface area contributed by atoms with E-state index in [4.69, 9.17) is 12.2 Å². The van der Waals surface area contributed by atoms with E-state index < -0.39 is 0 Å². The lowest BCUT2D eigenvalue weighted by molar-refractivity contribution is 0.755. The van der Waals surface area contributed by atoms with E-state index in [0.717, 1.165) is 34.5 Å². The van der Waals surface area contributed by atoms with Crippen LogP contribution in [0.15, 0.2) is 0 Å². The van der Waals surface area contributed by atoms with Crippen molar-refractivity contribution in [3.63, 3.8) is 0 Å². The first kappa shape index (κ1) is 13.2. The van der Waals surface area contributed by atoms with Gasteiger partial charge in [-0.2, -0.15) is 5.10 Å². The molecule has 0 bridgehead atoms. The number of aromatic amines is 1. The van der Waals surface area contributed by atoms with Crippen LogP contribution in [0.1, 0.15) is 19.5 Å². The number of aryl methyl sites for hydroxylation is 1. The van der Waals surface area contributed by atoms with Crippen molar-refractivity contribution in [2.75, 3.05) is 19.0 Å². The number of hydrogen-bond donors (Lipinski definition) is 1. The van der Waals surface area contributed by atoms with Crippen molar-refractivity contribution >= 4 is 28.7 Å². The average Bonchev–Trinajstić information content (AvgIpc) is 2.91. The summed E-state index contributed by atoms with van der Waals surface area (Å²) in [5.74, 6) is 0.893. The normalized spacial score (nSPS) is 10.9. The highest BCUT2D eigenvalue weighted by Gasteiger charge is 2.17. The molecule has 2 heterocycles. The molecule has 2 aromatic rings. The molecule has 0 radical (unpaired) electrons. The van der Waals surface area contributed by atoms with Crippen LogP contribution in [0.2, 0.25) is 0 Å².